The molecular weight excluding hydrogens is 436 g/mol. The maximum absolute atomic E-state index is 13.3. The van der Waals surface area contributed by atoms with Gasteiger partial charge in [0.15, 0.2) is 5.58 Å². The van der Waals surface area contributed by atoms with E-state index in [1.54, 1.807) is 30.0 Å². The molecule has 3 amide bonds. The maximum Gasteiger partial charge on any atom is 0.318 e. The predicted molar refractivity (Wildman–Crippen MR) is 125 cm³/mol. The highest BCUT2D eigenvalue weighted by molar-refractivity contribution is 6.00. The van der Waals surface area contributed by atoms with E-state index in [2.05, 4.69) is 15.6 Å². The summed E-state index contributed by atoms with van der Waals surface area (Å²) < 4.78 is 10.9. The quantitative estimate of drug-likeness (QED) is 0.496. The van der Waals surface area contributed by atoms with Crippen molar-refractivity contribution in [2.75, 3.05) is 26.3 Å². The van der Waals surface area contributed by atoms with Crippen LogP contribution in [0.5, 0.6) is 0 Å². The van der Waals surface area contributed by atoms with E-state index in [0.29, 0.717) is 43.8 Å². The molecule has 0 aliphatic carbocycles. The number of ketones is 1. The fourth-order valence-corrected chi connectivity index (χ4v) is 3.82. The third kappa shape index (κ3) is 5.60. The van der Waals surface area contributed by atoms with E-state index in [9.17, 15) is 14.4 Å². The van der Waals surface area contributed by atoms with E-state index in [4.69, 9.17) is 9.15 Å². The molecule has 9 heteroatoms. The van der Waals surface area contributed by atoms with Gasteiger partial charge in [0.1, 0.15) is 11.6 Å². The van der Waals surface area contributed by atoms with Crippen molar-refractivity contribution in [3.8, 4) is 0 Å². The molecule has 3 aromatic rings. The van der Waals surface area contributed by atoms with Gasteiger partial charge in [0, 0.05) is 19.5 Å². The number of hydrogen-bond acceptors (Lipinski definition) is 6. The number of carbonyl (C=O) groups is 3. The van der Waals surface area contributed by atoms with Crippen LogP contribution in [0.3, 0.4) is 0 Å². The third-order valence-corrected chi connectivity index (χ3v) is 5.74. The molecule has 1 aliphatic heterocycles. The maximum atomic E-state index is 13.3. The number of amides is 3. The highest BCUT2D eigenvalue weighted by Gasteiger charge is 2.30. The fraction of sp³-hybridized carbons (Fsp3) is 0.360. The van der Waals surface area contributed by atoms with Gasteiger partial charge in [0.2, 0.25) is 11.7 Å². The average molecular weight is 465 g/mol. The number of para-hydroxylation sites is 2. The van der Waals surface area contributed by atoms with Gasteiger partial charge in [-0.05, 0) is 24.1 Å². The van der Waals surface area contributed by atoms with Gasteiger partial charge in [-0.3, -0.25) is 9.59 Å². The van der Waals surface area contributed by atoms with Crippen LogP contribution in [0.2, 0.25) is 0 Å². The molecule has 2 heterocycles. The van der Waals surface area contributed by atoms with E-state index in [1.165, 1.54) is 0 Å². The van der Waals surface area contributed by atoms with Crippen LogP contribution in [-0.4, -0.2) is 66.0 Å². The SMILES string of the molecule is CC[C@H](NC(=O)[C@H](Cc1ccccc1)NC(=O)N1CCOCC1)C(=O)c1nc2ccccc2o1. The Bertz CT molecular complexity index is 1110. The first-order valence-corrected chi connectivity index (χ1v) is 11.4. The van der Waals surface area contributed by atoms with Gasteiger partial charge in [-0.1, -0.05) is 49.4 Å². The van der Waals surface area contributed by atoms with Crippen LogP contribution in [-0.2, 0) is 16.0 Å². The number of rotatable bonds is 8. The molecule has 0 saturated carbocycles. The Morgan fingerprint density at radius 1 is 0.971 bits per heavy atom. The second kappa shape index (κ2) is 10.9. The van der Waals surface area contributed by atoms with Crippen molar-refractivity contribution in [2.24, 2.45) is 0 Å². The predicted octanol–water partition coefficient (Wildman–Crippen LogP) is 2.56. The highest BCUT2D eigenvalue weighted by Crippen LogP contribution is 2.17. The lowest BCUT2D eigenvalue weighted by Crippen LogP contribution is -2.56. The van der Waals surface area contributed by atoms with Crippen LogP contribution < -0.4 is 10.6 Å². The number of hydrogen-bond donors (Lipinski definition) is 2. The summed E-state index contributed by atoms with van der Waals surface area (Å²) in [7, 11) is 0. The Labute approximate surface area is 197 Å². The molecule has 0 bridgehead atoms. The number of aromatic nitrogens is 1. The second-order valence-corrected chi connectivity index (χ2v) is 8.11. The van der Waals surface area contributed by atoms with Crippen molar-refractivity contribution in [1.82, 2.24) is 20.5 Å². The zero-order chi connectivity index (χ0) is 23.9. The van der Waals surface area contributed by atoms with Gasteiger partial charge in [-0.2, -0.15) is 0 Å². The number of urea groups is 1. The van der Waals surface area contributed by atoms with Crippen molar-refractivity contribution in [3.63, 3.8) is 0 Å². The molecule has 4 rings (SSSR count). The minimum absolute atomic E-state index is 0.0506. The van der Waals surface area contributed by atoms with Crippen molar-refractivity contribution in [2.45, 2.75) is 31.8 Å². The Morgan fingerprint density at radius 2 is 1.68 bits per heavy atom. The third-order valence-electron chi connectivity index (χ3n) is 5.74. The summed E-state index contributed by atoms with van der Waals surface area (Å²) in [6, 6.07) is 14.5. The number of oxazole rings is 1. The normalized spacial score (nSPS) is 15.5. The molecule has 2 atom stereocenters. The van der Waals surface area contributed by atoms with E-state index < -0.39 is 23.8 Å². The molecule has 2 N–H and O–H groups in total. The van der Waals surface area contributed by atoms with Crippen LogP contribution in [0.15, 0.2) is 59.0 Å². The van der Waals surface area contributed by atoms with Crippen molar-refractivity contribution in [3.05, 3.63) is 66.1 Å². The lowest BCUT2D eigenvalue weighted by atomic mass is 10.0. The zero-order valence-corrected chi connectivity index (χ0v) is 19.0. The number of carbonyl (C=O) groups excluding carboxylic acids is 3. The molecule has 0 spiro atoms. The van der Waals surface area contributed by atoms with Gasteiger partial charge in [-0.25, -0.2) is 9.78 Å². The summed E-state index contributed by atoms with van der Waals surface area (Å²) in [4.78, 5) is 45.0. The molecule has 178 valence electrons. The Kier molecular flexibility index (Phi) is 7.54. The molecule has 0 radical (unpaired) electrons. The number of benzene rings is 2. The minimum Gasteiger partial charge on any atom is -0.434 e. The van der Waals surface area contributed by atoms with E-state index in [0.717, 1.165) is 5.56 Å². The second-order valence-electron chi connectivity index (χ2n) is 8.11. The summed E-state index contributed by atoms with van der Waals surface area (Å²) in [6.07, 6.45) is 0.634. The van der Waals surface area contributed by atoms with E-state index in [1.807, 2.05) is 36.4 Å². The molecule has 0 unspecified atom stereocenters. The van der Waals surface area contributed by atoms with Crippen molar-refractivity contribution in [1.29, 1.82) is 0 Å². The summed E-state index contributed by atoms with van der Waals surface area (Å²) in [5.74, 6) is -0.905. The Balaban J connectivity index is 1.49. The van der Waals surface area contributed by atoms with E-state index in [-0.39, 0.29) is 18.3 Å². The first-order valence-electron chi connectivity index (χ1n) is 11.4. The van der Waals surface area contributed by atoms with Crippen LogP contribution in [0, 0.1) is 0 Å². The van der Waals surface area contributed by atoms with Crippen LogP contribution in [0.4, 0.5) is 4.79 Å². The standard InChI is InChI=1S/C25H28N4O5/c1-2-18(22(30)24-27-19-10-6-7-11-21(19)34-24)26-23(31)20(16-17-8-4-3-5-9-17)28-25(32)29-12-14-33-15-13-29/h3-11,18,20H,2,12-16H2,1H3,(H,26,31)(H,28,32)/t18-,20-/m0/s1. The van der Waals surface area contributed by atoms with Gasteiger partial charge in [0.25, 0.3) is 5.89 Å². The van der Waals surface area contributed by atoms with Gasteiger partial charge < -0.3 is 24.7 Å². The number of fused-ring (bicyclic) bond motifs is 1. The molecule has 9 nitrogen and oxygen atoms in total. The minimum atomic E-state index is -0.858. The number of ether oxygens (including phenoxy) is 1. The summed E-state index contributed by atoms with van der Waals surface area (Å²) >= 11 is 0. The fourth-order valence-electron chi connectivity index (χ4n) is 3.82. The molecule has 1 aliphatic rings. The molecule has 1 aromatic heterocycles. The summed E-state index contributed by atoms with van der Waals surface area (Å²) in [5, 5.41) is 5.63. The molecule has 1 saturated heterocycles. The number of nitrogens with zero attached hydrogens (tertiary/aromatic N) is 2. The van der Waals surface area contributed by atoms with Crippen LogP contribution in [0.25, 0.3) is 11.1 Å². The Morgan fingerprint density at radius 3 is 2.38 bits per heavy atom. The van der Waals surface area contributed by atoms with Crippen LogP contribution >= 0.6 is 0 Å². The largest absolute Gasteiger partial charge is 0.434 e. The average Bonchev–Trinajstić information content (AvgIpc) is 3.32. The van der Waals surface area contributed by atoms with Crippen LogP contribution in [0.1, 0.15) is 29.6 Å². The first-order chi connectivity index (χ1) is 16.5. The number of Topliss-reactive ketones (excluding diaryl/α,β-unsaturated/α-hetero) is 1. The van der Waals surface area contributed by atoms with Crippen molar-refractivity contribution < 1.29 is 23.5 Å². The van der Waals surface area contributed by atoms with Crippen molar-refractivity contribution >= 4 is 28.8 Å². The number of morpholine rings is 1. The zero-order valence-electron chi connectivity index (χ0n) is 19.0. The summed E-state index contributed by atoms with van der Waals surface area (Å²) in [5.41, 5.74) is 1.97. The molecule has 1 fully saturated rings. The lowest BCUT2D eigenvalue weighted by molar-refractivity contribution is -0.123. The van der Waals surface area contributed by atoms with Gasteiger partial charge >= 0.3 is 6.03 Å². The number of nitrogens with one attached hydrogen (secondary N) is 2. The molecule has 34 heavy (non-hydrogen) atoms. The van der Waals surface area contributed by atoms with Gasteiger partial charge in [-0.15, -0.1) is 0 Å². The van der Waals surface area contributed by atoms with E-state index >= 15 is 0 Å². The smallest absolute Gasteiger partial charge is 0.318 e. The highest BCUT2D eigenvalue weighted by atomic mass is 16.5. The first kappa shape index (κ1) is 23.4. The summed E-state index contributed by atoms with van der Waals surface area (Å²) in [6.45, 7) is 3.63. The molecular formula is C25H28N4O5. The van der Waals surface area contributed by atoms with Gasteiger partial charge in [0.05, 0.1) is 19.3 Å². The molecule has 2 aromatic carbocycles. The monoisotopic (exact) mass is 464 g/mol. The Hall–Kier alpha value is -3.72. The lowest BCUT2D eigenvalue weighted by Gasteiger charge is -2.29. The topological polar surface area (TPSA) is 114 Å².